The van der Waals surface area contributed by atoms with Crippen LogP contribution in [0.2, 0.25) is 0 Å². The SMILES string of the molecule is COc1ccc(C(NC(=O)c2cccc3nccnc23)C2CC(O)C2)cn1. The molecule has 0 spiro atoms. The van der Waals surface area contributed by atoms with Gasteiger partial charge in [0.25, 0.3) is 5.91 Å². The highest BCUT2D eigenvalue weighted by Gasteiger charge is 2.36. The summed E-state index contributed by atoms with van der Waals surface area (Å²) in [5.41, 5.74) is 2.60. The van der Waals surface area contributed by atoms with Gasteiger partial charge in [0.15, 0.2) is 0 Å². The minimum absolute atomic E-state index is 0.153. The van der Waals surface area contributed by atoms with Crippen LogP contribution in [-0.2, 0) is 0 Å². The maximum Gasteiger partial charge on any atom is 0.254 e. The summed E-state index contributed by atoms with van der Waals surface area (Å²) in [6.07, 6.45) is 5.86. The van der Waals surface area contributed by atoms with Gasteiger partial charge >= 0.3 is 0 Å². The number of aromatic nitrogens is 3. The normalized spacial score (nSPS) is 19.9. The van der Waals surface area contributed by atoms with E-state index in [9.17, 15) is 9.90 Å². The fraction of sp³-hybridized carbons (Fsp3) is 0.300. The third-order valence-corrected chi connectivity index (χ3v) is 4.98. The Kier molecular flexibility index (Phi) is 4.68. The van der Waals surface area contributed by atoms with E-state index in [1.807, 2.05) is 12.1 Å². The van der Waals surface area contributed by atoms with Gasteiger partial charge in [-0.25, -0.2) is 4.98 Å². The zero-order chi connectivity index (χ0) is 18.8. The van der Waals surface area contributed by atoms with E-state index >= 15 is 0 Å². The van der Waals surface area contributed by atoms with Crippen LogP contribution in [0.5, 0.6) is 5.88 Å². The van der Waals surface area contributed by atoms with Crippen molar-refractivity contribution >= 4 is 16.9 Å². The Labute approximate surface area is 156 Å². The number of aliphatic hydroxyl groups excluding tert-OH is 1. The first-order valence-corrected chi connectivity index (χ1v) is 8.84. The van der Waals surface area contributed by atoms with Crippen LogP contribution in [0, 0.1) is 5.92 Å². The number of carbonyl (C=O) groups excluding carboxylic acids is 1. The Morgan fingerprint density at radius 1 is 1.19 bits per heavy atom. The van der Waals surface area contributed by atoms with Crippen LogP contribution >= 0.6 is 0 Å². The maximum absolute atomic E-state index is 13.0. The number of rotatable bonds is 5. The van der Waals surface area contributed by atoms with Gasteiger partial charge in [0.1, 0.15) is 5.52 Å². The Bertz CT molecular complexity index is 950. The molecule has 7 heteroatoms. The second-order valence-corrected chi connectivity index (χ2v) is 6.70. The molecule has 4 rings (SSSR count). The molecule has 0 aliphatic heterocycles. The van der Waals surface area contributed by atoms with E-state index in [-0.39, 0.29) is 24.0 Å². The van der Waals surface area contributed by atoms with Crippen LogP contribution in [0.4, 0.5) is 0 Å². The van der Waals surface area contributed by atoms with Crippen LogP contribution in [0.25, 0.3) is 11.0 Å². The van der Waals surface area contributed by atoms with Gasteiger partial charge in [-0.05, 0) is 36.5 Å². The Morgan fingerprint density at radius 3 is 2.70 bits per heavy atom. The van der Waals surface area contributed by atoms with Crippen molar-refractivity contribution in [3.63, 3.8) is 0 Å². The molecule has 27 heavy (non-hydrogen) atoms. The van der Waals surface area contributed by atoms with Gasteiger partial charge in [0.2, 0.25) is 5.88 Å². The minimum Gasteiger partial charge on any atom is -0.481 e. The summed E-state index contributed by atoms with van der Waals surface area (Å²) in [4.78, 5) is 25.8. The van der Waals surface area contributed by atoms with E-state index in [1.165, 1.54) is 0 Å². The van der Waals surface area contributed by atoms with Gasteiger partial charge in [-0.15, -0.1) is 0 Å². The number of ether oxygens (including phenoxy) is 1. The average Bonchev–Trinajstić information content (AvgIpc) is 2.69. The molecule has 1 amide bonds. The minimum atomic E-state index is -0.316. The van der Waals surface area contributed by atoms with E-state index < -0.39 is 0 Å². The zero-order valence-electron chi connectivity index (χ0n) is 14.9. The lowest BCUT2D eigenvalue weighted by Gasteiger charge is -2.38. The molecule has 1 fully saturated rings. The first kappa shape index (κ1) is 17.4. The topological polar surface area (TPSA) is 97.2 Å². The van der Waals surface area contributed by atoms with Crippen LogP contribution in [-0.4, -0.2) is 39.2 Å². The number of para-hydroxylation sites is 1. The predicted octanol–water partition coefficient (Wildman–Crippen LogP) is 2.28. The molecule has 2 aromatic heterocycles. The molecule has 2 N–H and O–H groups in total. The van der Waals surface area contributed by atoms with E-state index in [1.54, 1.807) is 43.9 Å². The van der Waals surface area contributed by atoms with E-state index in [0.29, 0.717) is 35.3 Å². The van der Waals surface area contributed by atoms with Crippen molar-refractivity contribution < 1.29 is 14.6 Å². The standard InChI is InChI=1S/C20H20N4O3/c1-27-17-6-5-12(11-23-17)18(13-9-14(25)10-13)24-20(26)15-3-2-4-16-19(15)22-8-7-21-16/h2-8,11,13-14,18,25H,9-10H2,1H3,(H,24,26). The summed E-state index contributed by atoms with van der Waals surface area (Å²) >= 11 is 0. The molecule has 1 unspecified atom stereocenters. The number of benzene rings is 1. The molecule has 1 aliphatic rings. The van der Waals surface area contributed by atoms with Gasteiger partial charge in [0.05, 0.1) is 30.3 Å². The highest BCUT2D eigenvalue weighted by molar-refractivity contribution is 6.04. The number of hydrogen-bond donors (Lipinski definition) is 2. The smallest absolute Gasteiger partial charge is 0.254 e. The Morgan fingerprint density at radius 2 is 2.00 bits per heavy atom. The molecule has 1 aromatic carbocycles. The number of aliphatic hydroxyl groups is 1. The van der Waals surface area contributed by atoms with Gasteiger partial charge in [-0.3, -0.25) is 14.8 Å². The second-order valence-electron chi connectivity index (χ2n) is 6.70. The van der Waals surface area contributed by atoms with Gasteiger partial charge < -0.3 is 15.2 Å². The molecule has 1 saturated carbocycles. The Balaban J connectivity index is 1.63. The summed E-state index contributed by atoms with van der Waals surface area (Å²) < 4.78 is 5.11. The number of carbonyl (C=O) groups is 1. The molecule has 2 heterocycles. The van der Waals surface area contributed by atoms with Crippen molar-refractivity contribution in [2.45, 2.75) is 25.0 Å². The third-order valence-electron chi connectivity index (χ3n) is 4.98. The first-order chi connectivity index (χ1) is 13.2. The fourth-order valence-corrected chi connectivity index (χ4v) is 3.47. The molecule has 1 atom stereocenters. The molecule has 0 bridgehead atoms. The van der Waals surface area contributed by atoms with Crippen LogP contribution in [0.3, 0.4) is 0 Å². The quantitative estimate of drug-likeness (QED) is 0.721. The number of methoxy groups -OCH3 is 1. The summed E-state index contributed by atoms with van der Waals surface area (Å²) in [7, 11) is 1.56. The lowest BCUT2D eigenvalue weighted by atomic mass is 9.75. The van der Waals surface area contributed by atoms with E-state index in [0.717, 1.165) is 5.56 Å². The summed E-state index contributed by atoms with van der Waals surface area (Å²) in [6, 6.07) is 8.78. The highest BCUT2D eigenvalue weighted by atomic mass is 16.5. The number of nitrogens with zero attached hydrogens (tertiary/aromatic N) is 3. The monoisotopic (exact) mass is 364 g/mol. The maximum atomic E-state index is 13.0. The number of fused-ring (bicyclic) bond motifs is 1. The molecule has 0 radical (unpaired) electrons. The zero-order valence-corrected chi connectivity index (χ0v) is 14.9. The summed E-state index contributed by atoms with van der Waals surface area (Å²) in [5.74, 6) is 0.449. The highest BCUT2D eigenvalue weighted by Crippen LogP contribution is 2.38. The predicted molar refractivity (Wildman–Crippen MR) is 99.3 cm³/mol. The van der Waals surface area contributed by atoms with Crippen molar-refractivity contribution in [1.82, 2.24) is 20.3 Å². The molecule has 3 aromatic rings. The lowest BCUT2D eigenvalue weighted by Crippen LogP contribution is -2.41. The Hall–Kier alpha value is -3.06. The lowest BCUT2D eigenvalue weighted by molar-refractivity contribution is 0.0235. The average molecular weight is 364 g/mol. The third kappa shape index (κ3) is 3.46. The van der Waals surface area contributed by atoms with Gasteiger partial charge in [-0.1, -0.05) is 12.1 Å². The van der Waals surface area contributed by atoms with Crippen LogP contribution in [0.1, 0.15) is 34.8 Å². The van der Waals surface area contributed by atoms with Crippen molar-refractivity contribution in [2.75, 3.05) is 7.11 Å². The number of hydrogen-bond acceptors (Lipinski definition) is 6. The van der Waals surface area contributed by atoms with E-state index in [2.05, 4.69) is 20.3 Å². The largest absolute Gasteiger partial charge is 0.481 e. The van der Waals surface area contributed by atoms with Crippen molar-refractivity contribution in [1.29, 1.82) is 0 Å². The molecular weight excluding hydrogens is 344 g/mol. The summed E-state index contributed by atoms with van der Waals surface area (Å²) in [6.45, 7) is 0. The van der Waals surface area contributed by atoms with Crippen molar-refractivity contribution in [2.24, 2.45) is 5.92 Å². The molecular formula is C20H20N4O3. The van der Waals surface area contributed by atoms with Crippen LogP contribution < -0.4 is 10.1 Å². The number of pyridine rings is 1. The fourth-order valence-electron chi connectivity index (χ4n) is 3.47. The second kappa shape index (κ2) is 7.28. The van der Waals surface area contributed by atoms with Gasteiger partial charge in [-0.2, -0.15) is 0 Å². The van der Waals surface area contributed by atoms with E-state index in [4.69, 9.17) is 4.74 Å². The first-order valence-electron chi connectivity index (χ1n) is 8.84. The number of nitrogens with one attached hydrogen (secondary N) is 1. The molecule has 1 aliphatic carbocycles. The summed E-state index contributed by atoms with van der Waals surface area (Å²) in [5, 5.41) is 12.8. The van der Waals surface area contributed by atoms with Gasteiger partial charge in [0, 0.05) is 24.7 Å². The van der Waals surface area contributed by atoms with Crippen molar-refractivity contribution in [3.8, 4) is 5.88 Å². The number of amides is 1. The molecule has 138 valence electrons. The molecule has 0 saturated heterocycles. The molecule has 7 nitrogen and oxygen atoms in total. The van der Waals surface area contributed by atoms with Crippen molar-refractivity contribution in [3.05, 3.63) is 60.0 Å². The van der Waals surface area contributed by atoms with Crippen LogP contribution in [0.15, 0.2) is 48.9 Å².